The molecule has 0 aliphatic carbocycles. The zero-order chi connectivity index (χ0) is 22.1. The fraction of sp³-hybridized carbons (Fsp3) is 0.105. The third-order valence-corrected chi connectivity index (χ3v) is 4.93. The molecule has 0 saturated carbocycles. The van der Waals surface area contributed by atoms with Gasteiger partial charge >= 0.3 is 5.97 Å². The number of esters is 1. The second kappa shape index (κ2) is 7.95. The summed E-state index contributed by atoms with van der Waals surface area (Å²) in [5.41, 5.74) is 0.443. The molecule has 1 atom stereocenters. The highest BCUT2D eigenvalue weighted by molar-refractivity contribution is 6.30. The number of anilines is 1. The first-order valence-corrected chi connectivity index (χ1v) is 9.20. The molecule has 0 fully saturated rings. The topological polar surface area (TPSA) is 142 Å². The number of nitro groups is 1. The molecule has 4 rings (SSSR count). The highest BCUT2D eigenvalue weighted by Gasteiger charge is 2.38. The Labute approximate surface area is 179 Å². The minimum Gasteiger partial charge on any atom is -0.464 e. The van der Waals surface area contributed by atoms with Crippen LogP contribution >= 0.6 is 11.6 Å². The van der Waals surface area contributed by atoms with Crippen LogP contribution in [-0.2, 0) is 9.53 Å². The number of nitro benzene ring substituents is 1. The summed E-state index contributed by atoms with van der Waals surface area (Å²) >= 11 is 6.00. The van der Waals surface area contributed by atoms with Gasteiger partial charge in [-0.25, -0.2) is 4.79 Å². The molecule has 0 amide bonds. The van der Waals surface area contributed by atoms with Crippen molar-refractivity contribution in [3.63, 3.8) is 0 Å². The number of carbonyl (C=O) groups is 2. The van der Waals surface area contributed by atoms with Crippen LogP contribution in [0.3, 0.4) is 0 Å². The second-order valence-electron chi connectivity index (χ2n) is 6.44. The van der Waals surface area contributed by atoms with E-state index in [1.54, 1.807) is 24.3 Å². The van der Waals surface area contributed by atoms with E-state index in [-0.39, 0.29) is 28.5 Å². The summed E-state index contributed by atoms with van der Waals surface area (Å²) in [7, 11) is 1.18. The molecule has 0 unspecified atom stereocenters. The Bertz CT molecular complexity index is 1220. The number of halogens is 1. The predicted octanol–water partition coefficient (Wildman–Crippen LogP) is 2.56. The number of benzene rings is 2. The van der Waals surface area contributed by atoms with E-state index in [1.165, 1.54) is 36.1 Å². The lowest BCUT2D eigenvalue weighted by atomic mass is 9.89. The van der Waals surface area contributed by atoms with Crippen molar-refractivity contribution < 1.29 is 19.2 Å². The van der Waals surface area contributed by atoms with Gasteiger partial charge in [-0.3, -0.25) is 14.9 Å². The molecule has 1 aromatic heterocycles. The Hall–Kier alpha value is -4.12. The van der Waals surface area contributed by atoms with Gasteiger partial charge in [-0.1, -0.05) is 28.8 Å². The summed E-state index contributed by atoms with van der Waals surface area (Å²) in [5.74, 6) is -1.21. The van der Waals surface area contributed by atoms with Gasteiger partial charge in [-0.2, -0.15) is 4.68 Å². The van der Waals surface area contributed by atoms with Crippen LogP contribution in [0, 0.1) is 10.1 Å². The van der Waals surface area contributed by atoms with Gasteiger partial charge in [0.05, 0.1) is 17.6 Å². The van der Waals surface area contributed by atoms with E-state index in [2.05, 4.69) is 20.8 Å². The number of nitrogens with one attached hydrogen (secondary N) is 1. The first-order chi connectivity index (χ1) is 14.9. The normalized spacial score (nSPS) is 15.1. The van der Waals surface area contributed by atoms with Gasteiger partial charge in [0.25, 0.3) is 5.69 Å². The Morgan fingerprint density at radius 2 is 1.84 bits per heavy atom. The molecular weight excluding hydrogens is 428 g/mol. The number of allylic oxidation sites excluding steroid dienone is 1. The van der Waals surface area contributed by atoms with Crippen LogP contribution in [0.5, 0.6) is 0 Å². The van der Waals surface area contributed by atoms with Crippen LogP contribution in [0.4, 0.5) is 11.6 Å². The Morgan fingerprint density at radius 3 is 2.45 bits per heavy atom. The molecule has 11 nitrogen and oxygen atoms in total. The number of hydrogen-bond acceptors (Lipinski definition) is 9. The zero-order valence-electron chi connectivity index (χ0n) is 15.9. The highest BCUT2D eigenvalue weighted by atomic mass is 35.5. The lowest BCUT2D eigenvalue weighted by molar-refractivity contribution is -0.384. The largest absolute Gasteiger partial charge is 0.464 e. The smallest absolute Gasteiger partial charge is 0.355 e. The predicted molar refractivity (Wildman–Crippen MR) is 107 cm³/mol. The van der Waals surface area contributed by atoms with Gasteiger partial charge in [0.15, 0.2) is 5.78 Å². The van der Waals surface area contributed by atoms with Crippen LogP contribution < -0.4 is 5.32 Å². The fourth-order valence-corrected chi connectivity index (χ4v) is 3.36. The molecule has 156 valence electrons. The number of fused-ring (bicyclic) bond motifs is 1. The Kier molecular flexibility index (Phi) is 5.17. The molecule has 12 heteroatoms. The van der Waals surface area contributed by atoms with Crippen LogP contribution in [0.15, 0.2) is 59.8 Å². The maximum Gasteiger partial charge on any atom is 0.355 e. The maximum atomic E-state index is 13.5. The standard InChI is InChI=1S/C19H13ClN6O5/c1-31-18(28)15-14(17(27)11-4-8-13(9-5-11)26(29)30)16(10-2-6-12(20)7-3-10)25-19(21-15)22-23-24-25/h2-9,16H,1H3,(H,21,22,24)/t16-/m0/s1. The van der Waals surface area contributed by atoms with Crippen LogP contribution in [-0.4, -0.2) is 44.0 Å². The van der Waals surface area contributed by atoms with Gasteiger partial charge in [0, 0.05) is 22.7 Å². The van der Waals surface area contributed by atoms with E-state index >= 15 is 0 Å². The van der Waals surface area contributed by atoms with Gasteiger partial charge in [0.1, 0.15) is 11.7 Å². The maximum absolute atomic E-state index is 13.5. The molecule has 0 radical (unpaired) electrons. The zero-order valence-corrected chi connectivity index (χ0v) is 16.6. The van der Waals surface area contributed by atoms with E-state index in [1.807, 2.05) is 0 Å². The van der Waals surface area contributed by atoms with Gasteiger partial charge in [0.2, 0.25) is 5.95 Å². The Morgan fingerprint density at radius 1 is 1.16 bits per heavy atom. The number of carbonyl (C=O) groups excluding carboxylic acids is 2. The lowest BCUT2D eigenvalue weighted by Crippen LogP contribution is -2.32. The van der Waals surface area contributed by atoms with E-state index in [0.717, 1.165) is 0 Å². The summed E-state index contributed by atoms with van der Waals surface area (Å²) in [6, 6.07) is 10.8. The van der Waals surface area contributed by atoms with Crippen molar-refractivity contribution in [2.45, 2.75) is 6.04 Å². The van der Waals surface area contributed by atoms with Crippen molar-refractivity contribution in [1.29, 1.82) is 0 Å². The van der Waals surface area contributed by atoms with Crippen molar-refractivity contribution in [3.8, 4) is 0 Å². The molecule has 1 N–H and O–H groups in total. The van der Waals surface area contributed by atoms with E-state index in [4.69, 9.17) is 16.3 Å². The monoisotopic (exact) mass is 440 g/mol. The minimum absolute atomic E-state index is 0.0165. The molecule has 2 heterocycles. The molecule has 0 saturated heterocycles. The number of rotatable bonds is 5. The first-order valence-electron chi connectivity index (χ1n) is 8.82. The number of methoxy groups -OCH3 is 1. The summed E-state index contributed by atoms with van der Waals surface area (Å²) < 4.78 is 6.21. The molecule has 0 spiro atoms. The summed E-state index contributed by atoms with van der Waals surface area (Å²) in [6.45, 7) is 0. The molecule has 3 aromatic rings. The van der Waals surface area contributed by atoms with Crippen molar-refractivity contribution in [3.05, 3.63) is 86.1 Å². The summed E-state index contributed by atoms with van der Waals surface area (Å²) in [5, 5.41) is 25.6. The molecule has 1 aliphatic heterocycles. The average molecular weight is 441 g/mol. The second-order valence-corrected chi connectivity index (χ2v) is 6.88. The van der Waals surface area contributed by atoms with Crippen molar-refractivity contribution in [1.82, 2.24) is 20.2 Å². The fourth-order valence-electron chi connectivity index (χ4n) is 3.23. The highest BCUT2D eigenvalue weighted by Crippen LogP contribution is 2.37. The van der Waals surface area contributed by atoms with Gasteiger partial charge in [-0.15, -0.1) is 0 Å². The number of Topliss-reactive ketones (excluding diaryl/α,β-unsaturated/α-hetero) is 1. The van der Waals surface area contributed by atoms with Gasteiger partial charge in [-0.05, 0) is 40.3 Å². The lowest BCUT2D eigenvalue weighted by Gasteiger charge is -2.28. The van der Waals surface area contributed by atoms with Crippen LogP contribution in [0.1, 0.15) is 22.0 Å². The molecule has 31 heavy (non-hydrogen) atoms. The number of ketones is 1. The summed E-state index contributed by atoms with van der Waals surface area (Å²) in [6.07, 6.45) is 0. The van der Waals surface area contributed by atoms with Crippen molar-refractivity contribution >= 4 is 35.0 Å². The third kappa shape index (κ3) is 3.62. The summed E-state index contributed by atoms with van der Waals surface area (Å²) in [4.78, 5) is 36.4. The number of hydrogen-bond donors (Lipinski definition) is 1. The number of ether oxygens (including phenoxy) is 1. The van der Waals surface area contributed by atoms with Gasteiger partial charge < -0.3 is 10.1 Å². The Balaban J connectivity index is 1.90. The molecule has 2 aromatic carbocycles. The minimum atomic E-state index is -0.875. The van der Waals surface area contributed by atoms with E-state index in [9.17, 15) is 19.7 Å². The average Bonchev–Trinajstić information content (AvgIpc) is 3.26. The molecule has 0 bridgehead atoms. The van der Waals surface area contributed by atoms with Crippen LogP contribution in [0.25, 0.3) is 0 Å². The van der Waals surface area contributed by atoms with Crippen molar-refractivity contribution in [2.24, 2.45) is 0 Å². The number of tetrazole rings is 1. The third-order valence-electron chi connectivity index (χ3n) is 4.68. The SMILES string of the molecule is COC(=O)C1=C(C(=O)c2ccc([N+](=O)[O-])cc2)[C@H](c2ccc(Cl)cc2)n2nnnc2N1. The van der Waals surface area contributed by atoms with E-state index in [0.29, 0.717) is 10.6 Å². The van der Waals surface area contributed by atoms with Crippen molar-refractivity contribution in [2.75, 3.05) is 12.4 Å². The molecular formula is C19H13ClN6O5. The first kappa shape index (κ1) is 20.2. The van der Waals surface area contributed by atoms with E-state index < -0.39 is 22.7 Å². The van der Waals surface area contributed by atoms with Crippen LogP contribution in [0.2, 0.25) is 5.02 Å². The number of nitrogens with zero attached hydrogens (tertiary/aromatic N) is 5. The number of aromatic nitrogens is 4. The number of non-ortho nitro benzene ring substituents is 1. The molecule has 1 aliphatic rings. The quantitative estimate of drug-likeness (QED) is 0.274.